The number of nitrogens with one attached hydrogen (secondary N) is 1. The van der Waals surface area contributed by atoms with E-state index in [4.69, 9.17) is 16.3 Å². The van der Waals surface area contributed by atoms with Crippen LogP contribution in [0, 0.1) is 11.2 Å². The summed E-state index contributed by atoms with van der Waals surface area (Å²) in [6.45, 7) is 4.05. The maximum absolute atomic E-state index is 13.8. The molecule has 0 radical (unpaired) electrons. The zero-order chi connectivity index (χ0) is 12.6. The monoisotopic (exact) mass is 257 g/mol. The molecule has 0 saturated carbocycles. The average molecular weight is 258 g/mol. The SMILES string of the molecule is CC1(C)COC(=O)N[C@@H]1c1cc(Cl)ccc1F. The first-order valence-electron chi connectivity index (χ1n) is 5.28. The quantitative estimate of drug-likeness (QED) is 0.838. The summed E-state index contributed by atoms with van der Waals surface area (Å²) in [6, 6.07) is 3.88. The third kappa shape index (κ3) is 2.36. The molecule has 1 heterocycles. The predicted octanol–water partition coefficient (Wildman–Crippen LogP) is 3.29. The van der Waals surface area contributed by atoms with E-state index < -0.39 is 12.1 Å². The van der Waals surface area contributed by atoms with Crippen molar-refractivity contribution >= 4 is 17.7 Å². The van der Waals surface area contributed by atoms with Gasteiger partial charge in [-0.05, 0) is 18.2 Å². The predicted molar refractivity (Wildman–Crippen MR) is 62.4 cm³/mol. The highest BCUT2D eigenvalue weighted by Gasteiger charge is 2.39. The van der Waals surface area contributed by atoms with Crippen molar-refractivity contribution in [2.75, 3.05) is 6.61 Å². The molecule has 1 aliphatic heterocycles. The molecule has 0 aromatic heterocycles. The molecule has 0 aliphatic carbocycles. The van der Waals surface area contributed by atoms with E-state index in [1.807, 2.05) is 13.8 Å². The van der Waals surface area contributed by atoms with E-state index >= 15 is 0 Å². The second kappa shape index (κ2) is 4.18. The van der Waals surface area contributed by atoms with Crippen molar-refractivity contribution in [1.82, 2.24) is 5.32 Å². The van der Waals surface area contributed by atoms with Crippen LogP contribution in [0.4, 0.5) is 9.18 Å². The Kier molecular flexibility index (Phi) is 3.00. The van der Waals surface area contributed by atoms with Gasteiger partial charge in [-0.15, -0.1) is 0 Å². The highest BCUT2D eigenvalue weighted by atomic mass is 35.5. The first-order valence-corrected chi connectivity index (χ1v) is 5.66. The van der Waals surface area contributed by atoms with Crippen LogP contribution in [0.25, 0.3) is 0 Å². The number of hydrogen-bond donors (Lipinski definition) is 1. The van der Waals surface area contributed by atoms with Crippen LogP contribution in [0.5, 0.6) is 0 Å². The Morgan fingerprint density at radius 2 is 2.24 bits per heavy atom. The maximum Gasteiger partial charge on any atom is 0.407 e. The molecular weight excluding hydrogens is 245 g/mol. The van der Waals surface area contributed by atoms with Crippen LogP contribution >= 0.6 is 11.6 Å². The van der Waals surface area contributed by atoms with Crippen molar-refractivity contribution in [3.8, 4) is 0 Å². The lowest BCUT2D eigenvalue weighted by Crippen LogP contribution is -2.47. The number of cyclic esters (lactones) is 1. The Balaban J connectivity index is 2.42. The number of alkyl carbamates (subject to hydrolysis) is 1. The molecule has 1 saturated heterocycles. The number of carbonyl (C=O) groups is 1. The van der Waals surface area contributed by atoms with Crippen molar-refractivity contribution in [3.63, 3.8) is 0 Å². The summed E-state index contributed by atoms with van der Waals surface area (Å²) in [5, 5.41) is 3.07. The lowest BCUT2D eigenvalue weighted by atomic mass is 9.80. The fraction of sp³-hybridized carbons (Fsp3) is 0.417. The Hall–Kier alpha value is -1.29. The summed E-state index contributed by atoms with van der Waals surface area (Å²) in [7, 11) is 0. The standard InChI is InChI=1S/C12H13ClFNO2/c1-12(2)6-17-11(16)15-10(12)8-5-7(13)3-4-9(8)14/h3-5,10H,6H2,1-2H3,(H,15,16)/t10-/m1/s1. The number of amides is 1. The van der Waals surface area contributed by atoms with Crippen molar-refractivity contribution < 1.29 is 13.9 Å². The first-order chi connectivity index (χ1) is 7.90. The van der Waals surface area contributed by atoms with Gasteiger partial charge in [0.1, 0.15) is 12.4 Å². The topological polar surface area (TPSA) is 38.3 Å². The second-order valence-electron chi connectivity index (χ2n) is 4.81. The van der Waals surface area contributed by atoms with Crippen LogP contribution in [0.1, 0.15) is 25.5 Å². The number of halogens is 2. The molecule has 3 nitrogen and oxygen atoms in total. The molecule has 92 valence electrons. The minimum Gasteiger partial charge on any atom is -0.449 e. The van der Waals surface area contributed by atoms with Crippen molar-refractivity contribution in [2.24, 2.45) is 5.41 Å². The van der Waals surface area contributed by atoms with Crippen LogP contribution in [-0.4, -0.2) is 12.7 Å². The van der Waals surface area contributed by atoms with Gasteiger partial charge >= 0.3 is 6.09 Å². The fourth-order valence-electron chi connectivity index (χ4n) is 1.92. The van der Waals surface area contributed by atoms with E-state index in [1.54, 1.807) is 0 Å². The van der Waals surface area contributed by atoms with Crippen LogP contribution in [0.15, 0.2) is 18.2 Å². The molecule has 0 spiro atoms. The third-order valence-electron chi connectivity index (χ3n) is 2.89. The highest BCUT2D eigenvalue weighted by Crippen LogP contribution is 2.38. The Bertz CT molecular complexity index is 462. The Morgan fingerprint density at radius 3 is 2.94 bits per heavy atom. The summed E-state index contributed by atoms with van der Waals surface area (Å²) in [6.07, 6.45) is -0.534. The Morgan fingerprint density at radius 1 is 1.53 bits per heavy atom. The lowest BCUT2D eigenvalue weighted by molar-refractivity contribution is 0.0378. The molecule has 5 heteroatoms. The van der Waals surface area contributed by atoms with Crippen molar-refractivity contribution in [1.29, 1.82) is 0 Å². The van der Waals surface area contributed by atoms with Gasteiger partial charge in [0.25, 0.3) is 0 Å². The number of benzene rings is 1. The summed E-state index contributed by atoms with van der Waals surface area (Å²) in [4.78, 5) is 11.2. The van der Waals surface area contributed by atoms with Gasteiger partial charge < -0.3 is 10.1 Å². The lowest BCUT2D eigenvalue weighted by Gasteiger charge is -2.38. The summed E-state index contributed by atoms with van der Waals surface area (Å²) in [5.74, 6) is -0.380. The van der Waals surface area contributed by atoms with Crippen LogP contribution < -0.4 is 5.32 Å². The molecule has 0 bridgehead atoms. The molecule has 1 atom stereocenters. The van der Waals surface area contributed by atoms with Crippen molar-refractivity contribution in [3.05, 3.63) is 34.6 Å². The molecule has 1 aromatic rings. The summed E-state index contributed by atoms with van der Waals surface area (Å²) < 4.78 is 18.7. The molecule has 17 heavy (non-hydrogen) atoms. The zero-order valence-electron chi connectivity index (χ0n) is 9.59. The average Bonchev–Trinajstić information content (AvgIpc) is 2.26. The van der Waals surface area contributed by atoms with Gasteiger partial charge in [0.05, 0.1) is 6.04 Å². The van der Waals surface area contributed by atoms with Gasteiger partial charge in [-0.3, -0.25) is 0 Å². The first kappa shape index (κ1) is 12.2. The van der Waals surface area contributed by atoms with E-state index in [1.165, 1.54) is 18.2 Å². The molecule has 1 aliphatic rings. The van der Waals surface area contributed by atoms with E-state index in [-0.39, 0.29) is 17.8 Å². The molecule has 0 unspecified atom stereocenters. The molecular formula is C12H13ClFNO2. The number of carbonyl (C=O) groups excluding carboxylic acids is 1. The number of hydrogen-bond acceptors (Lipinski definition) is 2. The largest absolute Gasteiger partial charge is 0.449 e. The number of ether oxygens (including phenoxy) is 1. The van der Waals surface area contributed by atoms with E-state index in [0.29, 0.717) is 10.6 Å². The smallest absolute Gasteiger partial charge is 0.407 e. The van der Waals surface area contributed by atoms with Gasteiger partial charge in [-0.1, -0.05) is 25.4 Å². The van der Waals surface area contributed by atoms with Gasteiger partial charge in [-0.25, -0.2) is 9.18 Å². The minimum absolute atomic E-state index is 0.245. The van der Waals surface area contributed by atoms with E-state index in [9.17, 15) is 9.18 Å². The van der Waals surface area contributed by atoms with Gasteiger partial charge in [0.15, 0.2) is 0 Å². The molecule has 1 aromatic carbocycles. The minimum atomic E-state index is -0.534. The zero-order valence-corrected chi connectivity index (χ0v) is 10.3. The third-order valence-corrected chi connectivity index (χ3v) is 3.12. The van der Waals surface area contributed by atoms with Crippen LogP contribution in [0.3, 0.4) is 0 Å². The highest BCUT2D eigenvalue weighted by molar-refractivity contribution is 6.30. The van der Waals surface area contributed by atoms with Gasteiger partial charge in [-0.2, -0.15) is 0 Å². The molecule has 2 rings (SSSR count). The molecule has 1 N–H and O–H groups in total. The van der Waals surface area contributed by atoms with Crippen molar-refractivity contribution in [2.45, 2.75) is 19.9 Å². The van der Waals surface area contributed by atoms with Gasteiger partial charge in [0.2, 0.25) is 0 Å². The molecule has 1 fully saturated rings. The fourth-order valence-corrected chi connectivity index (χ4v) is 2.10. The van der Waals surface area contributed by atoms with E-state index in [2.05, 4.69) is 5.32 Å². The van der Waals surface area contributed by atoms with Crippen LogP contribution in [-0.2, 0) is 4.74 Å². The Labute approximate surface area is 104 Å². The number of rotatable bonds is 1. The maximum atomic E-state index is 13.8. The normalized spacial score (nSPS) is 22.8. The van der Waals surface area contributed by atoms with Crippen LogP contribution in [0.2, 0.25) is 5.02 Å². The second-order valence-corrected chi connectivity index (χ2v) is 5.24. The van der Waals surface area contributed by atoms with E-state index in [0.717, 1.165) is 0 Å². The van der Waals surface area contributed by atoms with Gasteiger partial charge in [0, 0.05) is 16.0 Å². The summed E-state index contributed by atoms with van der Waals surface area (Å²) >= 11 is 5.85. The molecule has 1 amide bonds. The summed E-state index contributed by atoms with van der Waals surface area (Å²) in [5.41, 5.74) is -0.00135.